The van der Waals surface area contributed by atoms with E-state index >= 15 is 0 Å². The third-order valence-electron chi connectivity index (χ3n) is 5.57. The van der Waals surface area contributed by atoms with E-state index < -0.39 is 0 Å². The van der Waals surface area contributed by atoms with Gasteiger partial charge in [-0.1, -0.05) is 23.8 Å². The number of nitrogens with zero attached hydrogens (tertiary/aromatic N) is 4. The van der Waals surface area contributed by atoms with E-state index in [1.165, 1.54) is 53.9 Å². The molecule has 5 rings (SSSR count). The zero-order chi connectivity index (χ0) is 16.8. The Hall–Kier alpha value is -2.36. The number of hydrogen-bond acceptors (Lipinski definition) is 3. The number of anilines is 1. The summed E-state index contributed by atoms with van der Waals surface area (Å²) < 4.78 is 2.12. The molecule has 128 valence electrons. The second kappa shape index (κ2) is 5.87. The van der Waals surface area contributed by atoms with Gasteiger partial charge in [0.05, 0.1) is 5.69 Å². The van der Waals surface area contributed by atoms with Gasteiger partial charge in [-0.25, -0.2) is 4.98 Å². The molecule has 2 aliphatic rings. The van der Waals surface area contributed by atoms with Crippen LogP contribution >= 0.6 is 0 Å². The van der Waals surface area contributed by atoms with Crippen molar-refractivity contribution >= 4 is 11.5 Å². The normalized spacial score (nSPS) is 17.2. The van der Waals surface area contributed by atoms with E-state index in [2.05, 4.69) is 46.7 Å². The number of rotatable bonds is 2. The fourth-order valence-corrected chi connectivity index (χ4v) is 4.33. The van der Waals surface area contributed by atoms with Crippen LogP contribution in [0.1, 0.15) is 42.5 Å². The summed E-state index contributed by atoms with van der Waals surface area (Å²) in [4.78, 5) is 7.52. The Kier molecular flexibility index (Phi) is 3.51. The average Bonchev–Trinajstić information content (AvgIpc) is 3.29. The summed E-state index contributed by atoms with van der Waals surface area (Å²) >= 11 is 0. The highest BCUT2D eigenvalue weighted by Gasteiger charge is 2.25. The predicted octanol–water partition coefficient (Wildman–Crippen LogP) is 4.18. The van der Waals surface area contributed by atoms with Crippen molar-refractivity contribution in [1.82, 2.24) is 14.6 Å². The molecule has 1 aromatic carbocycles. The fourth-order valence-electron chi connectivity index (χ4n) is 4.33. The Morgan fingerprint density at radius 2 is 1.80 bits per heavy atom. The van der Waals surface area contributed by atoms with Gasteiger partial charge >= 0.3 is 0 Å². The Bertz CT molecular complexity index is 934. The molecule has 25 heavy (non-hydrogen) atoms. The van der Waals surface area contributed by atoms with Gasteiger partial charge in [0.1, 0.15) is 5.82 Å². The Balaban J connectivity index is 1.73. The van der Waals surface area contributed by atoms with Crippen LogP contribution in [0.2, 0.25) is 0 Å². The van der Waals surface area contributed by atoms with E-state index in [0.29, 0.717) is 0 Å². The molecule has 1 aliphatic carbocycles. The summed E-state index contributed by atoms with van der Waals surface area (Å²) in [6.45, 7) is 4.42. The SMILES string of the molecule is Cc1cccc(-c2cc3nc4c(c(N5CCCC5)n3n2)CCCC4)c1. The van der Waals surface area contributed by atoms with E-state index in [9.17, 15) is 0 Å². The van der Waals surface area contributed by atoms with Crippen LogP contribution in [-0.4, -0.2) is 27.7 Å². The molecule has 1 saturated heterocycles. The average molecular weight is 332 g/mol. The molecule has 0 unspecified atom stereocenters. The van der Waals surface area contributed by atoms with Crippen molar-refractivity contribution in [2.45, 2.75) is 45.4 Å². The van der Waals surface area contributed by atoms with Gasteiger partial charge in [0.15, 0.2) is 5.65 Å². The van der Waals surface area contributed by atoms with E-state index in [1.807, 2.05) is 0 Å². The van der Waals surface area contributed by atoms with Crippen molar-refractivity contribution < 1.29 is 0 Å². The van der Waals surface area contributed by atoms with Gasteiger partial charge in [0.2, 0.25) is 0 Å². The first kappa shape index (κ1) is 14.9. The topological polar surface area (TPSA) is 33.4 Å². The molecular weight excluding hydrogens is 308 g/mol. The number of aromatic nitrogens is 3. The quantitative estimate of drug-likeness (QED) is 0.706. The van der Waals surface area contributed by atoms with Crippen molar-refractivity contribution in [2.24, 2.45) is 0 Å². The first-order chi connectivity index (χ1) is 12.3. The van der Waals surface area contributed by atoms with Crippen molar-refractivity contribution in [3.63, 3.8) is 0 Å². The maximum absolute atomic E-state index is 4.99. The lowest BCUT2D eigenvalue weighted by Crippen LogP contribution is -2.25. The molecule has 3 heterocycles. The highest BCUT2D eigenvalue weighted by molar-refractivity contribution is 5.68. The monoisotopic (exact) mass is 332 g/mol. The molecule has 0 amide bonds. The lowest BCUT2D eigenvalue weighted by atomic mass is 9.96. The highest BCUT2D eigenvalue weighted by atomic mass is 15.4. The lowest BCUT2D eigenvalue weighted by molar-refractivity contribution is 0.655. The van der Waals surface area contributed by atoms with Crippen LogP contribution in [0.3, 0.4) is 0 Å². The standard InChI is InChI=1S/C21H24N4/c1-15-7-6-8-16(13-15)19-14-20-22-18-10-3-2-9-17(18)21(25(20)23-19)24-11-4-5-12-24/h6-8,13-14H,2-5,9-12H2,1H3. The van der Waals surface area contributed by atoms with Crippen LogP contribution in [0.4, 0.5) is 5.82 Å². The van der Waals surface area contributed by atoms with Crippen LogP contribution in [0, 0.1) is 6.92 Å². The van der Waals surface area contributed by atoms with Crippen LogP contribution < -0.4 is 4.90 Å². The minimum absolute atomic E-state index is 0.999. The molecule has 0 N–H and O–H groups in total. The summed E-state index contributed by atoms with van der Waals surface area (Å²) in [5.74, 6) is 1.32. The molecule has 4 heteroatoms. The number of benzene rings is 1. The maximum atomic E-state index is 4.99. The van der Waals surface area contributed by atoms with Gasteiger partial charge in [-0.05, 0) is 51.5 Å². The maximum Gasteiger partial charge on any atom is 0.158 e. The molecule has 2 aromatic heterocycles. The van der Waals surface area contributed by atoms with Crippen LogP contribution in [0.25, 0.3) is 16.9 Å². The molecule has 0 bridgehead atoms. The van der Waals surface area contributed by atoms with E-state index in [4.69, 9.17) is 10.1 Å². The van der Waals surface area contributed by atoms with Gasteiger partial charge in [-0.3, -0.25) is 0 Å². The van der Waals surface area contributed by atoms with Gasteiger partial charge in [0, 0.05) is 36.0 Å². The van der Waals surface area contributed by atoms with Crippen molar-refractivity contribution in [2.75, 3.05) is 18.0 Å². The molecule has 0 atom stereocenters. The summed E-state index contributed by atoms with van der Waals surface area (Å²) in [7, 11) is 0. The van der Waals surface area contributed by atoms with Crippen molar-refractivity contribution in [3.8, 4) is 11.3 Å². The predicted molar refractivity (Wildman–Crippen MR) is 101 cm³/mol. The zero-order valence-electron chi connectivity index (χ0n) is 14.8. The largest absolute Gasteiger partial charge is 0.356 e. The minimum Gasteiger partial charge on any atom is -0.356 e. The third kappa shape index (κ3) is 2.51. The number of fused-ring (bicyclic) bond motifs is 2. The minimum atomic E-state index is 0.999. The molecule has 1 aliphatic heterocycles. The Labute approximate surface area is 148 Å². The number of hydrogen-bond donors (Lipinski definition) is 0. The Morgan fingerprint density at radius 1 is 0.960 bits per heavy atom. The van der Waals surface area contributed by atoms with Crippen LogP contribution in [0.15, 0.2) is 30.3 Å². The molecule has 4 nitrogen and oxygen atoms in total. The summed E-state index contributed by atoms with van der Waals surface area (Å²) in [6.07, 6.45) is 7.35. The summed E-state index contributed by atoms with van der Waals surface area (Å²) in [5, 5.41) is 4.99. The fraction of sp³-hybridized carbons (Fsp3) is 0.429. The molecule has 1 fully saturated rings. The lowest BCUT2D eigenvalue weighted by Gasteiger charge is -2.26. The molecule has 0 radical (unpaired) electrons. The van der Waals surface area contributed by atoms with Gasteiger partial charge in [0.25, 0.3) is 0 Å². The second-order valence-corrected chi connectivity index (χ2v) is 7.43. The first-order valence-electron chi connectivity index (χ1n) is 9.53. The molecular formula is C21H24N4. The van der Waals surface area contributed by atoms with Crippen molar-refractivity contribution in [3.05, 3.63) is 47.2 Å². The summed E-state index contributed by atoms with van der Waals surface area (Å²) in [5.41, 5.74) is 7.21. The second-order valence-electron chi connectivity index (χ2n) is 7.43. The molecule has 0 spiro atoms. The third-order valence-corrected chi connectivity index (χ3v) is 5.57. The smallest absolute Gasteiger partial charge is 0.158 e. The highest BCUT2D eigenvalue weighted by Crippen LogP contribution is 2.33. The Morgan fingerprint density at radius 3 is 2.64 bits per heavy atom. The first-order valence-corrected chi connectivity index (χ1v) is 9.53. The van der Waals surface area contributed by atoms with E-state index in [-0.39, 0.29) is 0 Å². The zero-order valence-corrected chi connectivity index (χ0v) is 14.8. The summed E-state index contributed by atoms with van der Waals surface area (Å²) in [6, 6.07) is 10.7. The van der Waals surface area contributed by atoms with Gasteiger partial charge in [-0.15, -0.1) is 0 Å². The van der Waals surface area contributed by atoms with Gasteiger partial charge < -0.3 is 4.90 Å². The molecule has 0 saturated carbocycles. The van der Waals surface area contributed by atoms with E-state index in [0.717, 1.165) is 37.3 Å². The van der Waals surface area contributed by atoms with E-state index in [1.54, 1.807) is 0 Å². The van der Waals surface area contributed by atoms with Gasteiger partial charge in [-0.2, -0.15) is 9.61 Å². The molecule has 3 aromatic rings. The van der Waals surface area contributed by atoms with Crippen molar-refractivity contribution in [1.29, 1.82) is 0 Å². The number of aryl methyl sites for hydroxylation is 2. The van der Waals surface area contributed by atoms with Crippen LogP contribution in [0.5, 0.6) is 0 Å². The van der Waals surface area contributed by atoms with Crippen LogP contribution in [-0.2, 0) is 12.8 Å².